The Morgan fingerprint density at radius 1 is 1.69 bits per heavy atom. The maximum Gasteiger partial charge on any atom is 0.303 e. The number of carboxylic acid groups (broad SMARTS) is 1. The first-order chi connectivity index (χ1) is 5.93. The molecule has 1 fully saturated rings. The van der Waals surface area contributed by atoms with Gasteiger partial charge in [-0.1, -0.05) is 0 Å². The van der Waals surface area contributed by atoms with Crippen molar-refractivity contribution in [1.29, 1.82) is 0 Å². The molecule has 0 radical (unpaired) electrons. The van der Waals surface area contributed by atoms with Crippen LogP contribution in [0.1, 0.15) is 26.7 Å². The summed E-state index contributed by atoms with van der Waals surface area (Å²) >= 11 is 0. The van der Waals surface area contributed by atoms with Gasteiger partial charge >= 0.3 is 5.97 Å². The molecule has 1 atom stereocenters. The average Bonchev–Trinajstić information content (AvgIpc) is 2.25. The maximum atomic E-state index is 10.4. The van der Waals surface area contributed by atoms with Crippen molar-refractivity contribution in [3.8, 4) is 0 Å². The Labute approximate surface area is 78.5 Å². The van der Waals surface area contributed by atoms with Crippen LogP contribution >= 0.6 is 0 Å². The summed E-state index contributed by atoms with van der Waals surface area (Å²) < 4.78 is 5.53. The van der Waals surface area contributed by atoms with Gasteiger partial charge in [-0.3, -0.25) is 9.69 Å². The quantitative estimate of drug-likeness (QED) is 0.713. The van der Waals surface area contributed by atoms with Crippen LogP contribution in [0.5, 0.6) is 0 Å². The van der Waals surface area contributed by atoms with Crippen LogP contribution in [-0.2, 0) is 9.53 Å². The molecule has 0 saturated carbocycles. The molecule has 1 rings (SSSR count). The van der Waals surface area contributed by atoms with Crippen LogP contribution in [0.25, 0.3) is 0 Å². The number of carboxylic acids is 1. The van der Waals surface area contributed by atoms with E-state index in [-0.39, 0.29) is 18.2 Å². The Bertz CT molecular complexity index is 203. The Morgan fingerprint density at radius 3 is 2.69 bits per heavy atom. The van der Waals surface area contributed by atoms with Crippen LogP contribution < -0.4 is 0 Å². The Morgan fingerprint density at radius 2 is 2.31 bits per heavy atom. The zero-order valence-electron chi connectivity index (χ0n) is 8.41. The molecule has 1 N–H and O–H groups in total. The fraction of sp³-hybridized carbons (Fsp3) is 0.889. The third-order valence-electron chi connectivity index (χ3n) is 2.72. The highest BCUT2D eigenvalue weighted by Gasteiger charge is 2.37. The van der Waals surface area contributed by atoms with Gasteiger partial charge in [0.25, 0.3) is 0 Å². The van der Waals surface area contributed by atoms with Crippen molar-refractivity contribution >= 4 is 5.97 Å². The topological polar surface area (TPSA) is 49.8 Å². The molecular formula is C9H17NO3. The van der Waals surface area contributed by atoms with Gasteiger partial charge in [0, 0.05) is 12.5 Å². The molecule has 13 heavy (non-hydrogen) atoms. The Balaban J connectivity index is 2.42. The van der Waals surface area contributed by atoms with Crippen LogP contribution in [0, 0.1) is 0 Å². The number of aliphatic carboxylic acids is 1. The molecule has 0 amide bonds. The predicted octanol–water partition coefficient (Wildman–Crippen LogP) is 0.918. The maximum absolute atomic E-state index is 10.4. The lowest BCUT2D eigenvalue weighted by Crippen LogP contribution is -2.40. The van der Waals surface area contributed by atoms with E-state index in [9.17, 15) is 4.79 Å². The molecule has 76 valence electrons. The summed E-state index contributed by atoms with van der Waals surface area (Å²) in [5.74, 6) is -0.738. The fourth-order valence-corrected chi connectivity index (χ4v) is 1.52. The SMILES string of the molecule is CN1[C@@H](CCC(=O)O)COC1(C)C. The van der Waals surface area contributed by atoms with Gasteiger partial charge in [0.15, 0.2) is 0 Å². The summed E-state index contributed by atoms with van der Waals surface area (Å²) in [6.07, 6.45) is 0.879. The van der Waals surface area contributed by atoms with Crippen LogP contribution in [0.15, 0.2) is 0 Å². The molecule has 1 saturated heterocycles. The minimum absolute atomic E-state index is 0.217. The molecular weight excluding hydrogens is 170 g/mol. The number of rotatable bonds is 3. The number of hydrogen-bond donors (Lipinski definition) is 1. The van der Waals surface area contributed by atoms with E-state index in [4.69, 9.17) is 9.84 Å². The van der Waals surface area contributed by atoms with Gasteiger partial charge < -0.3 is 9.84 Å². The highest BCUT2D eigenvalue weighted by atomic mass is 16.5. The summed E-state index contributed by atoms with van der Waals surface area (Å²) in [6.45, 7) is 4.62. The van der Waals surface area contributed by atoms with E-state index in [2.05, 4.69) is 4.90 Å². The average molecular weight is 187 g/mol. The van der Waals surface area contributed by atoms with E-state index in [0.29, 0.717) is 13.0 Å². The first-order valence-corrected chi connectivity index (χ1v) is 4.52. The largest absolute Gasteiger partial charge is 0.481 e. The minimum atomic E-state index is -0.738. The number of likely N-dealkylation sites (N-methyl/N-ethyl adjacent to an activating group) is 1. The molecule has 0 aromatic heterocycles. The number of hydrogen-bond acceptors (Lipinski definition) is 3. The minimum Gasteiger partial charge on any atom is -0.481 e. The molecule has 0 unspecified atom stereocenters. The van der Waals surface area contributed by atoms with Gasteiger partial charge in [0.05, 0.1) is 6.61 Å². The third kappa shape index (κ3) is 2.42. The first kappa shape index (κ1) is 10.5. The van der Waals surface area contributed by atoms with Crippen molar-refractivity contribution < 1.29 is 14.6 Å². The summed E-state index contributed by atoms with van der Waals surface area (Å²) in [6, 6.07) is 0.242. The van der Waals surface area contributed by atoms with Crippen molar-refractivity contribution in [2.24, 2.45) is 0 Å². The second kappa shape index (κ2) is 3.64. The number of ether oxygens (including phenoxy) is 1. The standard InChI is InChI=1S/C9H17NO3/c1-9(2)10(3)7(6-13-9)4-5-8(11)12/h7H,4-6H2,1-3H3,(H,11,12)/t7-/m0/s1. The van der Waals surface area contributed by atoms with Crippen molar-refractivity contribution in [3.63, 3.8) is 0 Å². The number of carbonyl (C=O) groups is 1. The van der Waals surface area contributed by atoms with Crippen LogP contribution in [0.3, 0.4) is 0 Å². The molecule has 0 spiro atoms. The lowest BCUT2D eigenvalue weighted by atomic mass is 10.1. The van der Waals surface area contributed by atoms with Crippen LogP contribution in [0.2, 0.25) is 0 Å². The van der Waals surface area contributed by atoms with Crippen molar-refractivity contribution in [1.82, 2.24) is 4.90 Å². The second-order valence-electron chi connectivity index (χ2n) is 3.95. The zero-order valence-corrected chi connectivity index (χ0v) is 8.41. The third-order valence-corrected chi connectivity index (χ3v) is 2.72. The van der Waals surface area contributed by atoms with Crippen LogP contribution in [-0.4, -0.2) is 41.4 Å². The van der Waals surface area contributed by atoms with E-state index in [0.717, 1.165) is 0 Å². The number of nitrogens with zero attached hydrogens (tertiary/aromatic N) is 1. The molecule has 0 aromatic rings. The van der Waals surface area contributed by atoms with Gasteiger partial charge in [-0.15, -0.1) is 0 Å². The van der Waals surface area contributed by atoms with Gasteiger partial charge in [-0.25, -0.2) is 0 Å². The van der Waals surface area contributed by atoms with Gasteiger partial charge in [0.2, 0.25) is 0 Å². The first-order valence-electron chi connectivity index (χ1n) is 4.52. The molecule has 1 aliphatic rings. The summed E-state index contributed by atoms with van der Waals surface area (Å²) in [5.41, 5.74) is -0.247. The molecule has 0 aromatic carbocycles. The normalized spacial score (nSPS) is 27.8. The summed E-state index contributed by atoms with van der Waals surface area (Å²) in [4.78, 5) is 12.5. The molecule has 1 aliphatic heterocycles. The lowest BCUT2D eigenvalue weighted by molar-refractivity contribution is -0.137. The van der Waals surface area contributed by atoms with E-state index in [1.165, 1.54) is 0 Å². The highest BCUT2D eigenvalue weighted by molar-refractivity contribution is 5.66. The van der Waals surface area contributed by atoms with Crippen molar-refractivity contribution in [2.75, 3.05) is 13.7 Å². The Kier molecular flexibility index (Phi) is 2.93. The molecule has 4 nitrogen and oxygen atoms in total. The van der Waals surface area contributed by atoms with Gasteiger partial charge in [-0.2, -0.15) is 0 Å². The smallest absolute Gasteiger partial charge is 0.303 e. The molecule has 0 aliphatic carbocycles. The summed E-state index contributed by atoms with van der Waals surface area (Å²) in [5, 5.41) is 8.53. The highest BCUT2D eigenvalue weighted by Crippen LogP contribution is 2.27. The second-order valence-corrected chi connectivity index (χ2v) is 3.95. The van der Waals surface area contributed by atoms with Crippen molar-refractivity contribution in [3.05, 3.63) is 0 Å². The van der Waals surface area contributed by atoms with E-state index < -0.39 is 5.97 Å². The van der Waals surface area contributed by atoms with E-state index in [1.807, 2.05) is 20.9 Å². The fourth-order valence-electron chi connectivity index (χ4n) is 1.52. The monoisotopic (exact) mass is 187 g/mol. The Hall–Kier alpha value is -0.610. The van der Waals surface area contributed by atoms with Crippen molar-refractivity contribution in [2.45, 2.75) is 38.5 Å². The molecule has 1 heterocycles. The summed E-state index contributed by atoms with van der Waals surface area (Å²) in [7, 11) is 1.97. The molecule has 0 bridgehead atoms. The van der Waals surface area contributed by atoms with E-state index in [1.54, 1.807) is 0 Å². The lowest BCUT2D eigenvalue weighted by Gasteiger charge is -2.29. The van der Waals surface area contributed by atoms with E-state index >= 15 is 0 Å². The van der Waals surface area contributed by atoms with Gasteiger partial charge in [0.1, 0.15) is 5.72 Å². The predicted molar refractivity (Wildman–Crippen MR) is 48.5 cm³/mol. The zero-order chi connectivity index (χ0) is 10.1. The van der Waals surface area contributed by atoms with Crippen LogP contribution in [0.4, 0.5) is 0 Å². The molecule has 4 heteroatoms. The van der Waals surface area contributed by atoms with Gasteiger partial charge in [-0.05, 0) is 27.3 Å².